The zero-order valence-electron chi connectivity index (χ0n) is 26.8. The van der Waals surface area contributed by atoms with Crippen LogP contribution in [0.25, 0.3) is 0 Å². The highest BCUT2D eigenvalue weighted by atomic mass is 31.2. The van der Waals surface area contributed by atoms with Crippen molar-refractivity contribution in [3.8, 4) is 0 Å². The molecule has 0 heterocycles. The Morgan fingerprint density at radius 3 is 1.62 bits per heavy atom. The maximum absolute atomic E-state index is 12.2. The molecule has 0 amide bonds. The van der Waals surface area contributed by atoms with Gasteiger partial charge in [-0.15, -0.1) is 0 Å². The number of carbonyl (C=O) groups excluding carboxylic acids is 1. The van der Waals surface area contributed by atoms with Crippen molar-refractivity contribution in [2.75, 3.05) is 54.1 Å². The van der Waals surface area contributed by atoms with Gasteiger partial charge in [-0.25, -0.2) is 4.57 Å². The summed E-state index contributed by atoms with van der Waals surface area (Å²) in [7, 11) is 1.67. The van der Waals surface area contributed by atoms with Crippen molar-refractivity contribution in [3.63, 3.8) is 0 Å². The van der Waals surface area contributed by atoms with Crippen LogP contribution < -0.4 is 0 Å². The molecule has 8 nitrogen and oxygen atoms in total. The summed E-state index contributed by atoms with van der Waals surface area (Å²) in [4.78, 5) is 22.1. The topological polar surface area (TPSA) is 91.3 Å². The molecule has 0 radical (unpaired) electrons. The van der Waals surface area contributed by atoms with Crippen LogP contribution in [-0.4, -0.2) is 75.6 Å². The minimum atomic E-state index is -4.23. The summed E-state index contributed by atoms with van der Waals surface area (Å²) in [6.45, 7) is 5.39. The lowest BCUT2D eigenvalue weighted by Gasteiger charge is -2.24. The number of quaternary nitrogens is 1. The summed E-state index contributed by atoms with van der Waals surface area (Å²) < 4.78 is 34.2. The molecule has 2 atom stereocenters. The predicted molar refractivity (Wildman–Crippen MR) is 164 cm³/mol. The van der Waals surface area contributed by atoms with Gasteiger partial charge in [0, 0.05) is 13.0 Å². The summed E-state index contributed by atoms with van der Waals surface area (Å²) in [6.07, 6.45) is 22.3. The molecule has 9 heteroatoms. The maximum atomic E-state index is 12.2. The van der Waals surface area contributed by atoms with Crippen molar-refractivity contribution >= 4 is 13.8 Å². The minimum Gasteiger partial charge on any atom is -0.457 e. The molecule has 0 aromatic rings. The Balaban J connectivity index is 3.96. The molecule has 1 N–H and O–H groups in total. The van der Waals surface area contributed by atoms with Crippen LogP contribution >= 0.6 is 7.82 Å². The van der Waals surface area contributed by atoms with Crippen molar-refractivity contribution < 1.29 is 37.3 Å². The third-order valence-electron chi connectivity index (χ3n) is 6.92. The number of unbranched alkanes of at least 4 members (excludes halogenated alkanes) is 16. The van der Waals surface area contributed by atoms with E-state index in [9.17, 15) is 14.3 Å². The quantitative estimate of drug-likeness (QED) is 0.0388. The van der Waals surface area contributed by atoms with E-state index in [-0.39, 0.29) is 25.8 Å². The highest BCUT2D eigenvalue weighted by molar-refractivity contribution is 7.47. The molecule has 2 unspecified atom stereocenters. The van der Waals surface area contributed by atoms with Crippen molar-refractivity contribution in [2.45, 2.75) is 142 Å². The fourth-order valence-electron chi connectivity index (χ4n) is 4.29. The van der Waals surface area contributed by atoms with Crippen molar-refractivity contribution in [2.24, 2.45) is 0 Å². The van der Waals surface area contributed by atoms with Gasteiger partial charge in [-0.2, -0.15) is 0 Å². The predicted octanol–water partition coefficient (Wildman–Crippen LogP) is 8.21. The first kappa shape index (κ1) is 39.5. The lowest BCUT2D eigenvalue weighted by molar-refractivity contribution is -0.870. The highest BCUT2D eigenvalue weighted by Gasteiger charge is 2.26. The normalized spacial score (nSPS) is 14.2. The molecule has 0 saturated heterocycles. The van der Waals surface area contributed by atoms with Gasteiger partial charge in [-0.1, -0.05) is 117 Å². The number of nitrogens with zero attached hydrogens (tertiary/aromatic N) is 1. The van der Waals surface area contributed by atoms with E-state index >= 15 is 0 Å². The molecule has 0 aliphatic rings. The van der Waals surface area contributed by atoms with Gasteiger partial charge >= 0.3 is 13.8 Å². The number of likely N-dealkylation sites (N-methyl/N-ethyl adjacent to an activating group) is 1. The van der Waals surface area contributed by atoms with E-state index in [0.29, 0.717) is 24.1 Å². The first-order valence-electron chi connectivity index (χ1n) is 16.3. The Bertz CT molecular complexity index is 627. The summed E-state index contributed by atoms with van der Waals surface area (Å²) >= 11 is 0. The standard InChI is InChI=1S/C31H64NO7P/c1-6-8-10-11-12-13-14-15-16-17-18-19-20-21-22-23-26-36-28-30(39-31(33)24-9-7-2)29-38-40(34,35)37-27-25-32(3,4)5/h30H,6-29H2,1-5H3/p+1. The van der Waals surface area contributed by atoms with E-state index in [4.69, 9.17) is 18.5 Å². The second-order valence-electron chi connectivity index (χ2n) is 12.2. The second-order valence-corrected chi connectivity index (χ2v) is 13.7. The van der Waals surface area contributed by atoms with Crippen molar-refractivity contribution in [1.29, 1.82) is 0 Å². The number of ether oxygens (including phenoxy) is 2. The number of phosphoric acid groups is 1. The summed E-state index contributed by atoms with van der Waals surface area (Å²) in [5.74, 6) is -0.347. The lowest BCUT2D eigenvalue weighted by Crippen LogP contribution is -2.37. The molecular weight excluding hydrogens is 529 g/mol. The van der Waals surface area contributed by atoms with Gasteiger partial charge in [0.15, 0.2) is 0 Å². The molecule has 0 aliphatic heterocycles. The monoisotopic (exact) mass is 594 g/mol. The van der Waals surface area contributed by atoms with Crippen LogP contribution in [0.5, 0.6) is 0 Å². The van der Waals surface area contributed by atoms with Crippen LogP contribution in [0.3, 0.4) is 0 Å². The molecule has 0 aromatic heterocycles. The molecule has 240 valence electrons. The van der Waals surface area contributed by atoms with Crippen LogP contribution in [0.4, 0.5) is 0 Å². The average molecular weight is 595 g/mol. The Morgan fingerprint density at radius 1 is 0.675 bits per heavy atom. The molecule has 40 heavy (non-hydrogen) atoms. The Morgan fingerprint density at radius 2 is 1.15 bits per heavy atom. The molecular formula is C31H65NO7P+. The molecule has 0 aromatic carbocycles. The van der Waals surface area contributed by atoms with Gasteiger partial charge in [-0.3, -0.25) is 13.8 Å². The molecule has 0 bridgehead atoms. The van der Waals surface area contributed by atoms with E-state index in [1.54, 1.807) is 0 Å². The third kappa shape index (κ3) is 29.0. The fourth-order valence-corrected chi connectivity index (χ4v) is 5.04. The number of hydrogen-bond donors (Lipinski definition) is 1. The maximum Gasteiger partial charge on any atom is 0.472 e. The minimum absolute atomic E-state index is 0.0913. The number of carbonyl (C=O) groups is 1. The van der Waals surface area contributed by atoms with Gasteiger partial charge in [-0.05, 0) is 12.8 Å². The van der Waals surface area contributed by atoms with Gasteiger partial charge < -0.3 is 18.9 Å². The molecule has 0 rings (SSSR count). The van der Waals surface area contributed by atoms with E-state index in [1.807, 2.05) is 28.1 Å². The van der Waals surface area contributed by atoms with Gasteiger partial charge in [0.1, 0.15) is 19.3 Å². The molecule has 0 spiro atoms. The second kappa shape index (κ2) is 26.2. The highest BCUT2D eigenvalue weighted by Crippen LogP contribution is 2.43. The largest absolute Gasteiger partial charge is 0.472 e. The fraction of sp³-hybridized carbons (Fsp3) is 0.968. The number of phosphoric ester groups is 1. The van der Waals surface area contributed by atoms with Crippen LogP contribution in [0.2, 0.25) is 0 Å². The zero-order valence-corrected chi connectivity index (χ0v) is 27.7. The Kier molecular flexibility index (Phi) is 25.8. The number of esters is 1. The van der Waals surface area contributed by atoms with Crippen molar-refractivity contribution in [3.05, 3.63) is 0 Å². The van der Waals surface area contributed by atoms with E-state index < -0.39 is 13.9 Å². The van der Waals surface area contributed by atoms with Gasteiger partial charge in [0.2, 0.25) is 0 Å². The number of hydrogen-bond acceptors (Lipinski definition) is 6. The van der Waals surface area contributed by atoms with E-state index in [0.717, 1.165) is 25.7 Å². The summed E-state index contributed by atoms with van der Waals surface area (Å²) in [6, 6.07) is 0. The van der Waals surface area contributed by atoms with Crippen LogP contribution in [0.15, 0.2) is 0 Å². The summed E-state index contributed by atoms with van der Waals surface area (Å²) in [5, 5.41) is 0. The van der Waals surface area contributed by atoms with Crippen LogP contribution in [0.1, 0.15) is 136 Å². The van der Waals surface area contributed by atoms with Crippen LogP contribution in [-0.2, 0) is 27.9 Å². The van der Waals surface area contributed by atoms with Crippen molar-refractivity contribution in [1.82, 2.24) is 0 Å². The van der Waals surface area contributed by atoms with E-state index in [1.165, 1.54) is 89.9 Å². The SMILES string of the molecule is CCCCCCCCCCCCCCCCCCOCC(COP(=O)(O)OCC[N+](C)(C)C)OC(=O)CCCC. The third-order valence-corrected chi connectivity index (χ3v) is 7.90. The van der Waals surface area contributed by atoms with Gasteiger partial charge in [0.25, 0.3) is 0 Å². The first-order valence-corrected chi connectivity index (χ1v) is 17.8. The Hall–Kier alpha value is -0.500. The first-order chi connectivity index (χ1) is 19.1. The Labute approximate surface area is 247 Å². The molecule has 0 fully saturated rings. The lowest BCUT2D eigenvalue weighted by atomic mass is 10.0. The molecule has 0 aliphatic carbocycles. The number of rotatable bonds is 30. The smallest absolute Gasteiger partial charge is 0.457 e. The van der Waals surface area contributed by atoms with Crippen LogP contribution in [0, 0.1) is 0 Å². The van der Waals surface area contributed by atoms with Gasteiger partial charge in [0.05, 0.1) is 34.4 Å². The average Bonchev–Trinajstić information content (AvgIpc) is 2.88. The van der Waals surface area contributed by atoms with E-state index in [2.05, 4.69) is 6.92 Å². The molecule has 0 saturated carbocycles. The zero-order chi connectivity index (χ0) is 30.0. The summed E-state index contributed by atoms with van der Waals surface area (Å²) in [5.41, 5.74) is 0.